The van der Waals surface area contributed by atoms with Crippen molar-refractivity contribution >= 4 is 11.9 Å². The average Bonchev–Trinajstić information content (AvgIpc) is 2.92. The predicted octanol–water partition coefficient (Wildman–Crippen LogP) is 4.08. The molecule has 37 heavy (non-hydrogen) atoms. The molecular weight excluding hydrogens is 472 g/mol. The normalized spacial score (nSPS) is 22.5. The summed E-state index contributed by atoms with van der Waals surface area (Å²) in [6, 6.07) is 15.8. The maximum absolute atomic E-state index is 12.0. The number of nitrogens with zero attached hydrogens (tertiary/aromatic N) is 1. The summed E-state index contributed by atoms with van der Waals surface area (Å²) in [6.07, 6.45) is 4.51. The first kappa shape index (κ1) is 27.3. The highest BCUT2D eigenvalue weighted by atomic mass is 16.7. The highest BCUT2D eigenvalue weighted by molar-refractivity contribution is 5.76. The van der Waals surface area contributed by atoms with E-state index in [9.17, 15) is 14.7 Å². The smallest absolute Gasteiger partial charge is 0.303 e. The van der Waals surface area contributed by atoms with Gasteiger partial charge in [-0.15, -0.1) is 0 Å². The lowest BCUT2D eigenvalue weighted by Crippen LogP contribution is -2.41. The second-order valence-corrected chi connectivity index (χ2v) is 9.98. The number of rotatable bonds is 11. The van der Waals surface area contributed by atoms with Gasteiger partial charge in [0.25, 0.3) is 0 Å². The van der Waals surface area contributed by atoms with Gasteiger partial charge in [0.05, 0.1) is 18.8 Å². The van der Waals surface area contributed by atoms with Crippen LogP contribution in [0, 0.1) is 0 Å². The van der Waals surface area contributed by atoms with E-state index in [-0.39, 0.29) is 37.6 Å². The van der Waals surface area contributed by atoms with E-state index in [0.717, 1.165) is 48.3 Å². The topological polar surface area (TPSA) is 108 Å². The molecule has 0 saturated carbocycles. The molecule has 2 saturated heterocycles. The van der Waals surface area contributed by atoms with E-state index in [1.54, 1.807) is 0 Å². The molecule has 3 unspecified atom stereocenters. The van der Waals surface area contributed by atoms with Crippen LogP contribution in [-0.2, 0) is 32.2 Å². The van der Waals surface area contributed by atoms with E-state index in [2.05, 4.69) is 10.2 Å². The van der Waals surface area contributed by atoms with Crippen molar-refractivity contribution in [2.45, 2.75) is 76.6 Å². The van der Waals surface area contributed by atoms with Gasteiger partial charge in [-0.2, -0.15) is 0 Å². The first-order valence-electron chi connectivity index (χ1n) is 13.3. The Bertz CT molecular complexity index is 1000. The minimum absolute atomic E-state index is 0.00513. The molecule has 2 aliphatic rings. The van der Waals surface area contributed by atoms with Crippen LogP contribution in [-0.4, -0.2) is 52.7 Å². The Kier molecular flexibility index (Phi) is 10.1. The van der Waals surface area contributed by atoms with Crippen molar-refractivity contribution < 1.29 is 29.3 Å². The van der Waals surface area contributed by atoms with Gasteiger partial charge in [0.15, 0.2) is 6.29 Å². The van der Waals surface area contributed by atoms with Gasteiger partial charge < -0.3 is 29.9 Å². The van der Waals surface area contributed by atoms with Crippen LogP contribution in [0.4, 0.5) is 0 Å². The summed E-state index contributed by atoms with van der Waals surface area (Å²) in [7, 11) is 0. The van der Waals surface area contributed by atoms with Crippen molar-refractivity contribution in [3.05, 3.63) is 70.8 Å². The maximum atomic E-state index is 12.0. The fourth-order valence-electron chi connectivity index (χ4n) is 4.94. The van der Waals surface area contributed by atoms with Gasteiger partial charge in [-0.25, -0.2) is 0 Å². The Hall–Kier alpha value is -2.78. The molecule has 2 heterocycles. The molecule has 0 spiro atoms. The standard InChI is InChI=1S/C29H38N2O6/c32-20-22-9-11-23(12-10-22)26-17-25(19-31-15-2-1-3-16-31)36-29(37-26)24-13-7-21(8-14-24)18-30-27(33)5-4-6-28(34)35/h7-14,25-26,29,32H,1-6,15-20H2,(H,30,33)(H,34,35). The molecule has 8 heteroatoms. The summed E-state index contributed by atoms with van der Waals surface area (Å²) in [6.45, 7) is 3.51. The van der Waals surface area contributed by atoms with Gasteiger partial charge in [0.1, 0.15) is 0 Å². The third-order valence-electron chi connectivity index (χ3n) is 7.06. The van der Waals surface area contributed by atoms with Crippen LogP contribution < -0.4 is 5.32 Å². The first-order chi connectivity index (χ1) is 18.0. The average molecular weight is 511 g/mol. The van der Waals surface area contributed by atoms with Crippen molar-refractivity contribution in [2.75, 3.05) is 19.6 Å². The fraction of sp³-hybridized carbons (Fsp3) is 0.517. The first-order valence-corrected chi connectivity index (χ1v) is 13.3. The Labute approximate surface area is 218 Å². The molecule has 3 N–H and O–H groups in total. The minimum Gasteiger partial charge on any atom is -0.481 e. The molecule has 0 radical (unpaired) electrons. The van der Waals surface area contributed by atoms with Crippen molar-refractivity contribution in [3.8, 4) is 0 Å². The van der Waals surface area contributed by atoms with Gasteiger partial charge in [-0.3, -0.25) is 9.59 Å². The van der Waals surface area contributed by atoms with E-state index in [1.807, 2.05) is 48.5 Å². The van der Waals surface area contributed by atoms with Crippen LogP contribution >= 0.6 is 0 Å². The number of aliphatic carboxylic acids is 1. The lowest BCUT2D eigenvalue weighted by Gasteiger charge is -2.39. The van der Waals surface area contributed by atoms with Crippen LogP contribution in [0.25, 0.3) is 0 Å². The van der Waals surface area contributed by atoms with E-state index in [1.165, 1.54) is 19.3 Å². The van der Waals surface area contributed by atoms with Crippen LogP contribution in [0.15, 0.2) is 48.5 Å². The van der Waals surface area contributed by atoms with E-state index in [4.69, 9.17) is 14.6 Å². The quantitative estimate of drug-likeness (QED) is 0.418. The van der Waals surface area contributed by atoms with E-state index < -0.39 is 12.3 Å². The highest BCUT2D eigenvalue weighted by Gasteiger charge is 2.33. The molecule has 2 aliphatic heterocycles. The van der Waals surface area contributed by atoms with Gasteiger partial charge in [-0.05, 0) is 49.0 Å². The van der Waals surface area contributed by atoms with Crippen molar-refractivity contribution in [2.24, 2.45) is 0 Å². The number of carbonyl (C=O) groups excluding carboxylic acids is 1. The van der Waals surface area contributed by atoms with Gasteiger partial charge in [0, 0.05) is 37.9 Å². The number of aliphatic hydroxyl groups is 1. The molecule has 1 amide bonds. The SMILES string of the molecule is O=C(O)CCCC(=O)NCc1ccc(C2OC(CN3CCCCC3)CC(c3ccc(CO)cc3)O2)cc1. The van der Waals surface area contributed by atoms with Crippen molar-refractivity contribution in [3.63, 3.8) is 0 Å². The third-order valence-corrected chi connectivity index (χ3v) is 7.06. The predicted molar refractivity (Wildman–Crippen MR) is 138 cm³/mol. The summed E-state index contributed by atoms with van der Waals surface area (Å²) in [5, 5.41) is 21.0. The summed E-state index contributed by atoms with van der Waals surface area (Å²) >= 11 is 0. The van der Waals surface area contributed by atoms with Crippen molar-refractivity contribution in [1.29, 1.82) is 0 Å². The van der Waals surface area contributed by atoms with Gasteiger partial charge >= 0.3 is 5.97 Å². The lowest BCUT2D eigenvalue weighted by molar-refractivity contribution is -0.253. The molecule has 2 aromatic carbocycles. The van der Waals surface area contributed by atoms with Gasteiger partial charge in [0.2, 0.25) is 5.91 Å². The number of likely N-dealkylation sites (tertiary alicyclic amines) is 1. The highest BCUT2D eigenvalue weighted by Crippen LogP contribution is 2.38. The number of hydrogen-bond donors (Lipinski definition) is 3. The summed E-state index contributed by atoms with van der Waals surface area (Å²) in [5.74, 6) is -1.04. The number of benzene rings is 2. The molecule has 0 aromatic heterocycles. The minimum atomic E-state index is -0.891. The number of aliphatic hydroxyl groups excluding tert-OH is 1. The number of carboxylic acids is 1. The third kappa shape index (κ3) is 8.36. The number of nitrogens with one attached hydrogen (secondary N) is 1. The zero-order valence-corrected chi connectivity index (χ0v) is 21.3. The molecule has 0 aliphatic carbocycles. The molecular formula is C29H38N2O6. The Morgan fingerprint density at radius 2 is 1.57 bits per heavy atom. The Morgan fingerprint density at radius 1 is 0.892 bits per heavy atom. The molecule has 8 nitrogen and oxygen atoms in total. The molecule has 2 aromatic rings. The fourth-order valence-corrected chi connectivity index (χ4v) is 4.94. The summed E-state index contributed by atoms with van der Waals surface area (Å²) < 4.78 is 12.9. The zero-order chi connectivity index (χ0) is 26.0. The number of piperidine rings is 1. The summed E-state index contributed by atoms with van der Waals surface area (Å²) in [5.41, 5.74) is 3.84. The molecule has 0 bridgehead atoms. The summed E-state index contributed by atoms with van der Waals surface area (Å²) in [4.78, 5) is 25.1. The molecule has 4 rings (SSSR count). The van der Waals surface area contributed by atoms with Crippen LogP contribution in [0.5, 0.6) is 0 Å². The number of carbonyl (C=O) groups is 2. The number of ether oxygens (including phenoxy) is 2. The van der Waals surface area contributed by atoms with Crippen LogP contribution in [0.1, 0.15) is 79.6 Å². The molecule has 3 atom stereocenters. The van der Waals surface area contributed by atoms with Gasteiger partial charge in [-0.1, -0.05) is 55.0 Å². The van der Waals surface area contributed by atoms with E-state index >= 15 is 0 Å². The van der Waals surface area contributed by atoms with Crippen LogP contribution in [0.2, 0.25) is 0 Å². The Balaban J connectivity index is 1.39. The largest absolute Gasteiger partial charge is 0.481 e. The number of hydrogen-bond acceptors (Lipinski definition) is 6. The van der Waals surface area contributed by atoms with Crippen LogP contribution in [0.3, 0.4) is 0 Å². The lowest BCUT2D eigenvalue weighted by atomic mass is 9.99. The molecule has 200 valence electrons. The number of amides is 1. The Morgan fingerprint density at radius 3 is 2.24 bits per heavy atom. The zero-order valence-electron chi connectivity index (χ0n) is 21.3. The monoisotopic (exact) mass is 510 g/mol. The second kappa shape index (κ2) is 13.7. The second-order valence-electron chi connectivity index (χ2n) is 9.98. The van der Waals surface area contributed by atoms with E-state index in [0.29, 0.717) is 13.0 Å². The number of carboxylic acid groups (broad SMARTS) is 1. The van der Waals surface area contributed by atoms with Crippen molar-refractivity contribution in [1.82, 2.24) is 10.2 Å². The maximum Gasteiger partial charge on any atom is 0.303 e. The molecule has 2 fully saturated rings.